The molecule has 5 nitrogen and oxygen atoms in total. The Bertz CT molecular complexity index is 569. The van der Waals surface area contributed by atoms with Crippen LogP contribution in [0.3, 0.4) is 0 Å². The van der Waals surface area contributed by atoms with Crippen LogP contribution in [-0.4, -0.2) is 30.3 Å². The molecule has 0 spiro atoms. The van der Waals surface area contributed by atoms with Gasteiger partial charge in [0.2, 0.25) is 6.79 Å². The molecule has 5 heteroatoms. The Hall–Kier alpha value is -2.17. The van der Waals surface area contributed by atoms with E-state index in [1.54, 1.807) is 0 Å². The maximum atomic E-state index is 12.3. The lowest BCUT2D eigenvalue weighted by atomic mass is 10.1. The van der Waals surface area contributed by atoms with Gasteiger partial charge in [-0.2, -0.15) is 0 Å². The Morgan fingerprint density at radius 1 is 1.38 bits per heavy atom. The van der Waals surface area contributed by atoms with Gasteiger partial charge < -0.3 is 19.7 Å². The van der Waals surface area contributed by atoms with Gasteiger partial charge >= 0.3 is 6.03 Å². The lowest BCUT2D eigenvalue weighted by molar-refractivity contribution is 0.174. The summed E-state index contributed by atoms with van der Waals surface area (Å²) in [5.74, 6) is 1.92. The van der Waals surface area contributed by atoms with E-state index in [2.05, 4.69) is 25.2 Å². The average Bonchev–Trinajstić information content (AvgIpc) is 3.12. The summed E-state index contributed by atoms with van der Waals surface area (Å²) in [7, 11) is 0. The molecule has 1 atom stereocenters. The molecule has 0 saturated heterocycles. The van der Waals surface area contributed by atoms with Gasteiger partial charge in [0.1, 0.15) is 0 Å². The number of nitrogens with zero attached hydrogens (tertiary/aromatic N) is 1. The molecule has 0 bridgehead atoms. The summed E-state index contributed by atoms with van der Waals surface area (Å²) in [6.07, 6.45) is 4.15. The minimum atomic E-state index is -0.0311. The molecule has 2 aliphatic heterocycles. The van der Waals surface area contributed by atoms with Crippen molar-refractivity contribution in [1.82, 2.24) is 10.2 Å². The number of amides is 2. The van der Waals surface area contributed by atoms with Crippen LogP contribution in [0.2, 0.25) is 0 Å². The smallest absolute Gasteiger partial charge is 0.318 e. The summed E-state index contributed by atoms with van der Waals surface area (Å²) in [4.78, 5) is 14.1. The first kappa shape index (κ1) is 13.8. The Labute approximate surface area is 124 Å². The highest BCUT2D eigenvalue weighted by atomic mass is 16.7. The van der Waals surface area contributed by atoms with Crippen molar-refractivity contribution in [3.63, 3.8) is 0 Å². The molecule has 2 aliphatic rings. The number of rotatable bonds is 3. The number of urea groups is 1. The van der Waals surface area contributed by atoms with Gasteiger partial charge in [-0.1, -0.05) is 32.1 Å². The van der Waals surface area contributed by atoms with Crippen molar-refractivity contribution in [2.75, 3.05) is 13.3 Å². The summed E-state index contributed by atoms with van der Waals surface area (Å²) >= 11 is 0. The molecule has 2 heterocycles. The zero-order valence-electron chi connectivity index (χ0n) is 12.3. The number of nitrogens with one attached hydrogen (secondary N) is 1. The zero-order valence-corrected chi connectivity index (χ0v) is 12.3. The van der Waals surface area contributed by atoms with Crippen LogP contribution in [0.4, 0.5) is 4.79 Å². The molecule has 0 saturated carbocycles. The van der Waals surface area contributed by atoms with Gasteiger partial charge in [0.05, 0.1) is 6.04 Å². The standard InChI is InChI=1S/C16H20N2O3/c1-11(2)13-4-3-7-18(13)16(19)17-9-12-5-6-14-15(8-12)21-10-20-14/h3-6,8,11,13H,7,9-10H2,1-2H3,(H,17,19)/t13-/m0/s1. The van der Waals surface area contributed by atoms with Crippen molar-refractivity contribution in [2.24, 2.45) is 5.92 Å². The van der Waals surface area contributed by atoms with Crippen molar-refractivity contribution in [3.05, 3.63) is 35.9 Å². The number of hydrogen-bond acceptors (Lipinski definition) is 3. The van der Waals surface area contributed by atoms with E-state index in [1.807, 2.05) is 29.2 Å². The molecular weight excluding hydrogens is 268 g/mol. The van der Waals surface area contributed by atoms with Crippen LogP contribution in [0.5, 0.6) is 11.5 Å². The van der Waals surface area contributed by atoms with Gasteiger partial charge in [0.25, 0.3) is 0 Å². The highest BCUT2D eigenvalue weighted by Gasteiger charge is 2.26. The number of carbonyl (C=O) groups excluding carboxylic acids is 1. The first-order valence-electron chi connectivity index (χ1n) is 7.25. The van der Waals surface area contributed by atoms with Crippen molar-refractivity contribution < 1.29 is 14.3 Å². The number of ether oxygens (including phenoxy) is 2. The van der Waals surface area contributed by atoms with E-state index in [0.717, 1.165) is 17.1 Å². The summed E-state index contributed by atoms with van der Waals surface area (Å²) in [6, 6.07) is 5.87. The highest BCUT2D eigenvalue weighted by molar-refractivity contribution is 5.75. The zero-order chi connectivity index (χ0) is 14.8. The van der Waals surface area contributed by atoms with E-state index >= 15 is 0 Å². The Balaban J connectivity index is 1.59. The van der Waals surface area contributed by atoms with Gasteiger partial charge in [-0.3, -0.25) is 0 Å². The molecule has 1 aromatic rings. The third kappa shape index (κ3) is 2.82. The molecule has 3 rings (SSSR count). The molecule has 1 aromatic carbocycles. The summed E-state index contributed by atoms with van der Waals surface area (Å²) in [5, 5.41) is 2.97. The van der Waals surface area contributed by atoms with E-state index in [0.29, 0.717) is 19.0 Å². The number of fused-ring (bicyclic) bond motifs is 1. The van der Waals surface area contributed by atoms with E-state index in [9.17, 15) is 4.79 Å². The lowest BCUT2D eigenvalue weighted by Gasteiger charge is -2.27. The van der Waals surface area contributed by atoms with Gasteiger partial charge in [0, 0.05) is 13.1 Å². The Kier molecular flexibility index (Phi) is 3.73. The molecule has 2 amide bonds. The monoisotopic (exact) mass is 288 g/mol. The van der Waals surface area contributed by atoms with Crippen molar-refractivity contribution in [2.45, 2.75) is 26.4 Å². The second-order valence-corrected chi connectivity index (χ2v) is 5.66. The molecule has 0 radical (unpaired) electrons. The SMILES string of the molecule is CC(C)[C@@H]1C=CCN1C(=O)NCc1ccc2c(c1)OCO2. The fraction of sp³-hybridized carbons (Fsp3) is 0.438. The quantitative estimate of drug-likeness (QED) is 0.870. The lowest BCUT2D eigenvalue weighted by Crippen LogP contribution is -2.44. The van der Waals surface area contributed by atoms with Crippen LogP contribution in [0.1, 0.15) is 19.4 Å². The summed E-state index contributed by atoms with van der Waals surface area (Å²) < 4.78 is 10.6. The second-order valence-electron chi connectivity index (χ2n) is 5.66. The first-order chi connectivity index (χ1) is 10.1. The van der Waals surface area contributed by atoms with Crippen LogP contribution in [0.15, 0.2) is 30.4 Å². The molecule has 0 unspecified atom stereocenters. The number of benzene rings is 1. The van der Waals surface area contributed by atoms with E-state index in [1.165, 1.54) is 0 Å². The van der Waals surface area contributed by atoms with Crippen molar-refractivity contribution in [3.8, 4) is 11.5 Å². The predicted molar refractivity (Wildman–Crippen MR) is 79.3 cm³/mol. The predicted octanol–water partition coefficient (Wildman–Crippen LogP) is 2.52. The van der Waals surface area contributed by atoms with Crippen LogP contribution in [0.25, 0.3) is 0 Å². The molecule has 1 N–H and O–H groups in total. The fourth-order valence-electron chi connectivity index (χ4n) is 2.67. The Morgan fingerprint density at radius 2 is 2.19 bits per heavy atom. The number of carbonyl (C=O) groups is 1. The average molecular weight is 288 g/mol. The van der Waals surface area contributed by atoms with E-state index < -0.39 is 0 Å². The van der Waals surface area contributed by atoms with Gasteiger partial charge in [-0.05, 0) is 23.6 Å². The van der Waals surface area contributed by atoms with Gasteiger partial charge in [-0.15, -0.1) is 0 Å². The van der Waals surface area contributed by atoms with Crippen LogP contribution >= 0.6 is 0 Å². The first-order valence-corrected chi connectivity index (χ1v) is 7.25. The maximum absolute atomic E-state index is 12.3. The van der Waals surface area contributed by atoms with Crippen LogP contribution in [-0.2, 0) is 6.54 Å². The molecule has 0 fully saturated rings. The normalized spacial score (nSPS) is 19.4. The maximum Gasteiger partial charge on any atom is 0.318 e. The summed E-state index contributed by atoms with van der Waals surface area (Å²) in [5.41, 5.74) is 1.00. The largest absolute Gasteiger partial charge is 0.454 e. The van der Waals surface area contributed by atoms with E-state index in [4.69, 9.17) is 9.47 Å². The van der Waals surface area contributed by atoms with Gasteiger partial charge in [-0.25, -0.2) is 4.79 Å². The Morgan fingerprint density at radius 3 is 3.00 bits per heavy atom. The van der Waals surface area contributed by atoms with Crippen LogP contribution < -0.4 is 14.8 Å². The second kappa shape index (κ2) is 5.68. The van der Waals surface area contributed by atoms with Crippen molar-refractivity contribution >= 4 is 6.03 Å². The van der Waals surface area contributed by atoms with Crippen LogP contribution in [0, 0.1) is 5.92 Å². The minimum absolute atomic E-state index is 0.0311. The molecule has 112 valence electrons. The molecule has 21 heavy (non-hydrogen) atoms. The minimum Gasteiger partial charge on any atom is -0.454 e. The fourth-order valence-corrected chi connectivity index (χ4v) is 2.67. The number of hydrogen-bond donors (Lipinski definition) is 1. The van der Waals surface area contributed by atoms with Crippen molar-refractivity contribution in [1.29, 1.82) is 0 Å². The molecule has 0 aromatic heterocycles. The third-order valence-electron chi connectivity index (χ3n) is 3.82. The van der Waals surface area contributed by atoms with Gasteiger partial charge in [0.15, 0.2) is 11.5 Å². The molecule has 0 aliphatic carbocycles. The molecular formula is C16H20N2O3. The third-order valence-corrected chi connectivity index (χ3v) is 3.82. The van der Waals surface area contributed by atoms with E-state index in [-0.39, 0.29) is 18.9 Å². The highest BCUT2D eigenvalue weighted by Crippen LogP contribution is 2.32. The summed E-state index contributed by atoms with van der Waals surface area (Å²) in [6.45, 7) is 5.67. The topological polar surface area (TPSA) is 50.8 Å².